The van der Waals surface area contributed by atoms with Crippen molar-refractivity contribution in [2.24, 2.45) is 0 Å². The molecule has 1 aliphatic heterocycles. The van der Waals surface area contributed by atoms with E-state index in [0.717, 1.165) is 32.7 Å². The van der Waals surface area contributed by atoms with Crippen LogP contribution in [0.4, 0.5) is 5.69 Å². The van der Waals surface area contributed by atoms with Gasteiger partial charge in [-0.05, 0) is 7.05 Å². The molecule has 1 aromatic rings. The van der Waals surface area contributed by atoms with Gasteiger partial charge in [-0.15, -0.1) is 0 Å². The summed E-state index contributed by atoms with van der Waals surface area (Å²) >= 11 is 6.06. The number of carbonyl (C=O) groups excluding carboxylic acids is 1. The number of methoxy groups -OCH3 is 2. The van der Waals surface area contributed by atoms with Crippen LogP contribution in [0.2, 0.25) is 5.02 Å². The van der Waals surface area contributed by atoms with Gasteiger partial charge in [0.15, 0.2) is 0 Å². The maximum absolute atomic E-state index is 12.2. The molecular weight excluding hydrogens is 318 g/mol. The van der Waals surface area contributed by atoms with E-state index in [9.17, 15) is 4.79 Å². The topological polar surface area (TPSA) is 54.0 Å². The van der Waals surface area contributed by atoms with Crippen molar-refractivity contribution in [2.45, 2.75) is 6.42 Å². The lowest BCUT2D eigenvalue weighted by Gasteiger charge is -2.32. The molecule has 128 valence electrons. The zero-order valence-corrected chi connectivity index (χ0v) is 14.7. The molecule has 0 aliphatic carbocycles. The predicted molar refractivity (Wildman–Crippen MR) is 91.7 cm³/mol. The number of benzene rings is 1. The predicted octanol–water partition coefficient (Wildman–Crippen LogP) is 1.93. The van der Waals surface area contributed by atoms with E-state index in [1.54, 1.807) is 12.1 Å². The van der Waals surface area contributed by atoms with Crippen LogP contribution in [0.5, 0.6) is 11.5 Å². The maximum Gasteiger partial charge on any atom is 0.225 e. The van der Waals surface area contributed by atoms with Crippen molar-refractivity contribution in [2.75, 3.05) is 59.3 Å². The first-order chi connectivity index (χ1) is 11.0. The Hall–Kier alpha value is -1.50. The highest BCUT2D eigenvalue weighted by Crippen LogP contribution is 2.35. The summed E-state index contributed by atoms with van der Waals surface area (Å²) in [6.07, 6.45) is 0.442. The third-order valence-corrected chi connectivity index (χ3v) is 4.29. The van der Waals surface area contributed by atoms with Crippen molar-refractivity contribution in [3.05, 3.63) is 17.2 Å². The molecule has 2 rings (SSSR count). The van der Waals surface area contributed by atoms with Crippen LogP contribution in [0, 0.1) is 0 Å². The normalized spacial score (nSPS) is 16.2. The lowest BCUT2D eigenvalue weighted by Crippen LogP contribution is -2.45. The molecule has 1 fully saturated rings. The highest BCUT2D eigenvalue weighted by Gasteiger charge is 2.16. The summed E-state index contributed by atoms with van der Waals surface area (Å²) in [5.41, 5.74) is 0.567. The van der Waals surface area contributed by atoms with Crippen LogP contribution in [0.1, 0.15) is 6.42 Å². The Labute approximate surface area is 142 Å². The van der Waals surface area contributed by atoms with Crippen molar-refractivity contribution < 1.29 is 14.3 Å². The number of hydrogen-bond acceptors (Lipinski definition) is 5. The Morgan fingerprint density at radius 3 is 2.43 bits per heavy atom. The number of anilines is 1. The molecule has 1 amide bonds. The summed E-state index contributed by atoms with van der Waals surface area (Å²) in [4.78, 5) is 16.8. The Balaban J connectivity index is 1.92. The van der Waals surface area contributed by atoms with Crippen LogP contribution in [-0.2, 0) is 4.79 Å². The number of amides is 1. The van der Waals surface area contributed by atoms with E-state index >= 15 is 0 Å². The van der Waals surface area contributed by atoms with Gasteiger partial charge < -0.3 is 24.6 Å². The highest BCUT2D eigenvalue weighted by molar-refractivity contribution is 6.32. The van der Waals surface area contributed by atoms with Gasteiger partial charge in [0.05, 0.1) is 24.9 Å². The molecule has 7 heteroatoms. The van der Waals surface area contributed by atoms with Gasteiger partial charge in [-0.3, -0.25) is 4.79 Å². The molecule has 1 heterocycles. The number of likely N-dealkylation sites (N-methyl/N-ethyl adjacent to an activating group) is 1. The van der Waals surface area contributed by atoms with Gasteiger partial charge in [0.25, 0.3) is 0 Å². The summed E-state index contributed by atoms with van der Waals surface area (Å²) < 4.78 is 10.4. The summed E-state index contributed by atoms with van der Waals surface area (Å²) in [6, 6.07) is 3.31. The Bertz CT molecular complexity index is 546. The van der Waals surface area contributed by atoms with E-state index in [1.165, 1.54) is 14.2 Å². The van der Waals surface area contributed by atoms with Crippen LogP contribution in [0.25, 0.3) is 0 Å². The largest absolute Gasteiger partial charge is 0.495 e. The Morgan fingerprint density at radius 2 is 1.83 bits per heavy atom. The first kappa shape index (κ1) is 17.8. The second kappa shape index (κ2) is 8.38. The molecule has 0 unspecified atom stereocenters. The van der Waals surface area contributed by atoms with E-state index in [1.807, 2.05) is 0 Å². The van der Waals surface area contributed by atoms with Gasteiger partial charge in [-0.25, -0.2) is 0 Å². The first-order valence-corrected chi connectivity index (χ1v) is 8.03. The van der Waals surface area contributed by atoms with Crippen LogP contribution in [-0.4, -0.2) is 69.7 Å². The standard InChI is InChI=1S/C16H24ClN3O3/c1-19-6-8-20(9-7-19)5-4-16(21)18-13-11-14(22-2)12(17)10-15(13)23-3/h10-11H,4-9H2,1-3H3,(H,18,21). The van der Waals surface area contributed by atoms with Gasteiger partial charge in [0.1, 0.15) is 11.5 Å². The van der Waals surface area contributed by atoms with Crippen molar-refractivity contribution >= 4 is 23.2 Å². The second-order valence-electron chi connectivity index (χ2n) is 5.63. The fourth-order valence-corrected chi connectivity index (χ4v) is 2.73. The van der Waals surface area contributed by atoms with Crippen molar-refractivity contribution in [1.29, 1.82) is 0 Å². The van der Waals surface area contributed by atoms with E-state index in [2.05, 4.69) is 22.2 Å². The maximum atomic E-state index is 12.2. The van der Waals surface area contributed by atoms with Crippen LogP contribution in [0.3, 0.4) is 0 Å². The van der Waals surface area contributed by atoms with Gasteiger partial charge in [0, 0.05) is 51.3 Å². The molecule has 1 aliphatic rings. The van der Waals surface area contributed by atoms with Gasteiger partial charge in [-0.1, -0.05) is 11.6 Å². The van der Waals surface area contributed by atoms with E-state index < -0.39 is 0 Å². The van der Waals surface area contributed by atoms with E-state index in [4.69, 9.17) is 21.1 Å². The fraction of sp³-hybridized carbons (Fsp3) is 0.562. The van der Waals surface area contributed by atoms with Crippen molar-refractivity contribution in [3.8, 4) is 11.5 Å². The van der Waals surface area contributed by atoms with Crippen LogP contribution < -0.4 is 14.8 Å². The molecule has 6 nitrogen and oxygen atoms in total. The molecule has 0 radical (unpaired) electrons. The summed E-state index contributed by atoms with van der Waals surface area (Å²) in [5, 5.41) is 3.32. The molecular formula is C16H24ClN3O3. The second-order valence-corrected chi connectivity index (χ2v) is 6.04. The molecule has 1 aromatic carbocycles. The van der Waals surface area contributed by atoms with Gasteiger partial charge in [0.2, 0.25) is 5.91 Å². The minimum Gasteiger partial charge on any atom is -0.495 e. The molecule has 0 spiro atoms. The van der Waals surface area contributed by atoms with E-state index in [-0.39, 0.29) is 5.91 Å². The number of piperazine rings is 1. The number of hydrogen-bond donors (Lipinski definition) is 1. The van der Waals surface area contributed by atoms with Crippen molar-refractivity contribution in [1.82, 2.24) is 9.80 Å². The summed E-state index contributed by atoms with van der Waals surface area (Å²) in [5.74, 6) is 0.970. The quantitative estimate of drug-likeness (QED) is 0.857. The minimum absolute atomic E-state index is 0.0494. The zero-order chi connectivity index (χ0) is 16.8. The third kappa shape index (κ3) is 4.99. The highest BCUT2D eigenvalue weighted by atomic mass is 35.5. The zero-order valence-electron chi connectivity index (χ0n) is 13.9. The molecule has 1 N–H and O–H groups in total. The average Bonchev–Trinajstić information content (AvgIpc) is 2.55. The number of ether oxygens (including phenoxy) is 2. The number of nitrogens with one attached hydrogen (secondary N) is 1. The lowest BCUT2D eigenvalue weighted by atomic mass is 10.2. The average molecular weight is 342 g/mol. The Kier molecular flexibility index (Phi) is 6.50. The van der Waals surface area contributed by atoms with Crippen LogP contribution in [0.15, 0.2) is 12.1 Å². The lowest BCUT2D eigenvalue weighted by molar-refractivity contribution is -0.116. The third-order valence-electron chi connectivity index (χ3n) is 4.00. The smallest absolute Gasteiger partial charge is 0.225 e. The Morgan fingerprint density at radius 1 is 1.17 bits per heavy atom. The first-order valence-electron chi connectivity index (χ1n) is 7.65. The fourth-order valence-electron chi connectivity index (χ4n) is 2.50. The summed E-state index contributed by atoms with van der Waals surface area (Å²) in [6.45, 7) is 4.85. The van der Waals surface area contributed by atoms with Crippen molar-refractivity contribution in [3.63, 3.8) is 0 Å². The monoisotopic (exact) mass is 341 g/mol. The molecule has 0 bridgehead atoms. The summed E-state index contributed by atoms with van der Waals surface area (Å²) in [7, 11) is 5.19. The molecule has 0 saturated carbocycles. The number of carbonyl (C=O) groups is 1. The molecule has 0 atom stereocenters. The molecule has 0 aromatic heterocycles. The molecule has 23 heavy (non-hydrogen) atoms. The SMILES string of the molecule is COc1cc(NC(=O)CCN2CCN(C)CC2)c(OC)cc1Cl. The van der Waals surface area contributed by atoms with E-state index in [0.29, 0.717) is 28.6 Å². The van der Waals surface area contributed by atoms with Crippen LogP contribution >= 0.6 is 11.6 Å². The minimum atomic E-state index is -0.0494. The van der Waals surface area contributed by atoms with Gasteiger partial charge >= 0.3 is 0 Å². The van der Waals surface area contributed by atoms with Gasteiger partial charge in [-0.2, -0.15) is 0 Å². The number of nitrogens with zero attached hydrogens (tertiary/aromatic N) is 2. The number of halogens is 1. The number of rotatable bonds is 6. The molecule has 1 saturated heterocycles.